The highest BCUT2D eigenvalue weighted by Crippen LogP contribution is 2.20. The lowest BCUT2D eigenvalue weighted by atomic mass is 10.2. The van der Waals surface area contributed by atoms with Crippen molar-refractivity contribution < 1.29 is 27.2 Å². The number of aromatic nitrogens is 2. The molecule has 0 bridgehead atoms. The molecule has 0 aliphatic carbocycles. The van der Waals surface area contributed by atoms with Crippen LogP contribution in [0.3, 0.4) is 0 Å². The van der Waals surface area contributed by atoms with Gasteiger partial charge in [-0.3, -0.25) is 0 Å². The van der Waals surface area contributed by atoms with E-state index >= 15 is 0 Å². The maximum atomic E-state index is 13.5. The molecule has 0 saturated carbocycles. The molecule has 1 aromatic carbocycles. The fraction of sp³-hybridized carbons (Fsp3) is 0.100. The predicted octanol–water partition coefficient (Wildman–Crippen LogP) is 0.881. The summed E-state index contributed by atoms with van der Waals surface area (Å²) in [4.78, 5) is 13.6. The van der Waals surface area contributed by atoms with Gasteiger partial charge < -0.3 is 9.63 Å². The Morgan fingerprint density at radius 2 is 2.16 bits per heavy atom. The number of halogens is 1. The van der Waals surface area contributed by atoms with Crippen molar-refractivity contribution in [2.75, 3.05) is 0 Å². The molecule has 1 heterocycles. The number of hydrogen-bond donors (Lipinski definition) is 1. The first-order valence-electron chi connectivity index (χ1n) is 4.91. The molecular weight excluding hydrogens is 279 g/mol. The van der Waals surface area contributed by atoms with Crippen molar-refractivity contribution in [3.63, 3.8) is 0 Å². The lowest BCUT2D eigenvalue weighted by molar-refractivity contribution is 0.0696. The van der Waals surface area contributed by atoms with Gasteiger partial charge in [-0.2, -0.15) is 4.98 Å². The number of carboxylic acid groups (broad SMARTS) is 1. The molecule has 0 aliphatic rings. The molecule has 0 radical (unpaired) electrons. The minimum atomic E-state index is -4.09. The summed E-state index contributed by atoms with van der Waals surface area (Å²) in [6.07, 6.45) is 0.939. The number of aromatic carboxylic acids is 1. The van der Waals surface area contributed by atoms with Gasteiger partial charge in [-0.1, -0.05) is 5.16 Å². The summed E-state index contributed by atoms with van der Waals surface area (Å²) in [5.74, 6) is -3.20. The molecule has 1 N–H and O–H groups in total. The Hall–Kier alpha value is -2.29. The van der Waals surface area contributed by atoms with Crippen molar-refractivity contribution in [1.82, 2.24) is 10.1 Å². The van der Waals surface area contributed by atoms with Crippen LogP contribution in [0.1, 0.15) is 16.2 Å². The normalized spacial score (nSPS) is 11.4. The van der Waals surface area contributed by atoms with Crippen LogP contribution < -0.4 is 0 Å². The molecular formula is C10H7FN2O5S. The first-order valence-corrected chi connectivity index (χ1v) is 6.56. The Labute approximate surface area is 106 Å². The largest absolute Gasteiger partial charge is 0.478 e. The van der Waals surface area contributed by atoms with Crippen LogP contribution in [-0.2, 0) is 15.6 Å². The molecule has 2 aromatic rings. The molecule has 1 aromatic heterocycles. The summed E-state index contributed by atoms with van der Waals surface area (Å²) < 4.78 is 41.8. The van der Waals surface area contributed by atoms with Crippen LogP contribution in [-0.4, -0.2) is 29.6 Å². The highest BCUT2D eigenvalue weighted by molar-refractivity contribution is 7.90. The van der Waals surface area contributed by atoms with Gasteiger partial charge in [-0.05, 0) is 18.2 Å². The molecule has 0 amide bonds. The van der Waals surface area contributed by atoms with Crippen LogP contribution in [0.15, 0.2) is 34.0 Å². The Morgan fingerprint density at radius 3 is 2.74 bits per heavy atom. The Bertz CT molecular complexity index is 712. The van der Waals surface area contributed by atoms with Crippen molar-refractivity contribution in [2.45, 2.75) is 10.6 Å². The van der Waals surface area contributed by atoms with Gasteiger partial charge in [-0.25, -0.2) is 17.6 Å². The van der Waals surface area contributed by atoms with E-state index < -0.39 is 32.3 Å². The lowest BCUT2D eigenvalue weighted by Gasteiger charge is -2.04. The number of hydrogen-bond acceptors (Lipinski definition) is 6. The second kappa shape index (κ2) is 4.76. The molecule has 2 rings (SSSR count). The van der Waals surface area contributed by atoms with Crippen molar-refractivity contribution >= 4 is 15.8 Å². The van der Waals surface area contributed by atoms with Crippen LogP contribution in [0.5, 0.6) is 0 Å². The number of benzene rings is 1. The van der Waals surface area contributed by atoms with Crippen molar-refractivity contribution in [3.8, 4) is 0 Å². The minimum Gasteiger partial charge on any atom is -0.478 e. The zero-order chi connectivity index (χ0) is 14.0. The molecule has 19 heavy (non-hydrogen) atoms. The fourth-order valence-corrected chi connectivity index (χ4v) is 2.67. The molecule has 0 aliphatic heterocycles. The van der Waals surface area contributed by atoms with Gasteiger partial charge in [0.2, 0.25) is 6.39 Å². The SMILES string of the molecule is O=C(O)c1ccc(F)c(S(=O)(=O)Cc2ncon2)c1. The van der Waals surface area contributed by atoms with Crippen LogP contribution >= 0.6 is 0 Å². The predicted molar refractivity (Wildman–Crippen MR) is 58.5 cm³/mol. The van der Waals surface area contributed by atoms with Gasteiger partial charge >= 0.3 is 5.97 Å². The monoisotopic (exact) mass is 286 g/mol. The summed E-state index contributed by atoms with van der Waals surface area (Å²) in [5, 5.41) is 12.1. The summed E-state index contributed by atoms with van der Waals surface area (Å²) in [7, 11) is -4.09. The number of nitrogens with zero attached hydrogens (tertiary/aromatic N) is 2. The van der Waals surface area contributed by atoms with Gasteiger partial charge in [0.05, 0.1) is 5.56 Å². The van der Waals surface area contributed by atoms with Gasteiger partial charge in [-0.15, -0.1) is 0 Å². The van der Waals surface area contributed by atoms with E-state index in [0.717, 1.165) is 24.6 Å². The van der Waals surface area contributed by atoms with Crippen LogP contribution in [0.4, 0.5) is 4.39 Å². The van der Waals surface area contributed by atoms with Crippen LogP contribution in [0, 0.1) is 5.82 Å². The van der Waals surface area contributed by atoms with Crippen LogP contribution in [0.25, 0.3) is 0 Å². The van der Waals surface area contributed by atoms with E-state index in [2.05, 4.69) is 14.7 Å². The standard InChI is InChI=1S/C10H7FN2O5S/c11-7-2-1-6(10(14)15)3-8(7)19(16,17)4-9-12-5-18-13-9/h1-3,5H,4H2,(H,14,15). The van der Waals surface area contributed by atoms with E-state index in [4.69, 9.17) is 5.11 Å². The van der Waals surface area contributed by atoms with E-state index in [-0.39, 0.29) is 11.4 Å². The second-order valence-corrected chi connectivity index (χ2v) is 5.51. The first kappa shape index (κ1) is 13.1. The topological polar surface area (TPSA) is 110 Å². The molecule has 0 fully saturated rings. The molecule has 0 atom stereocenters. The molecule has 100 valence electrons. The van der Waals surface area contributed by atoms with Gasteiger partial charge in [0.1, 0.15) is 16.5 Å². The van der Waals surface area contributed by atoms with Crippen LogP contribution in [0.2, 0.25) is 0 Å². The quantitative estimate of drug-likeness (QED) is 0.888. The zero-order valence-electron chi connectivity index (χ0n) is 9.28. The third kappa shape index (κ3) is 2.76. The minimum absolute atomic E-state index is 0.139. The fourth-order valence-electron chi connectivity index (χ4n) is 1.38. The smallest absolute Gasteiger partial charge is 0.335 e. The highest BCUT2D eigenvalue weighted by atomic mass is 32.2. The second-order valence-electron chi connectivity index (χ2n) is 3.56. The average molecular weight is 286 g/mol. The number of rotatable bonds is 4. The van der Waals surface area contributed by atoms with E-state index in [1.54, 1.807) is 0 Å². The van der Waals surface area contributed by atoms with Crippen molar-refractivity contribution in [2.24, 2.45) is 0 Å². The van der Waals surface area contributed by atoms with Crippen molar-refractivity contribution in [1.29, 1.82) is 0 Å². The first-order chi connectivity index (χ1) is 8.90. The third-order valence-electron chi connectivity index (χ3n) is 2.24. The third-order valence-corrected chi connectivity index (χ3v) is 3.86. The Kier molecular flexibility index (Phi) is 3.30. The molecule has 7 nitrogen and oxygen atoms in total. The van der Waals surface area contributed by atoms with Gasteiger partial charge in [0.15, 0.2) is 15.7 Å². The number of sulfone groups is 1. The molecule has 0 spiro atoms. The number of carboxylic acids is 1. The average Bonchev–Trinajstić information content (AvgIpc) is 2.81. The van der Waals surface area contributed by atoms with E-state index in [9.17, 15) is 17.6 Å². The van der Waals surface area contributed by atoms with Gasteiger partial charge in [0, 0.05) is 0 Å². The summed E-state index contributed by atoms with van der Waals surface area (Å²) in [6.45, 7) is 0. The van der Waals surface area contributed by atoms with E-state index in [1.165, 1.54) is 0 Å². The highest BCUT2D eigenvalue weighted by Gasteiger charge is 2.23. The summed E-state index contributed by atoms with van der Waals surface area (Å²) in [6, 6.07) is 2.52. The van der Waals surface area contributed by atoms with Gasteiger partial charge in [0.25, 0.3) is 0 Å². The van der Waals surface area contributed by atoms with Crippen molar-refractivity contribution in [3.05, 3.63) is 41.8 Å². The Morgan fingerprint density at radius 1 is 1.42 bits per heavy atom. The van der Waals surface area contributed by atoms with E-state index in [0.29, 0.717) is 0 Å². The Balaban J connectivity index is 2.45. The molecule has 0 saturated heterocycles. The summed E-state index contributed by atoms with van der Waals surface area (Å²) in [5.41, 5.74) is -0.326. The zero-order valence-corrected chi connectivity index (χ0v) is 10.1. The maximum Gasteiger partial charge on any atom is 0.335 e. The number of carbonyl (C=O) groups is 1. The van der Waals surface area contributed by atoms with E-state index in [1.807, 2.05) is 0 Å². The summed E-state index contributed by atoms with van der Waals surface area (Å²) >= 11 is 0. The molecule has 0 unspecified atom stereocenters. The maximum absolute atomic E-state index is 13.5. The lowest BCUT2D eigenvalue weighted by Crippen LogP contribution is -2.10. The molecule has 9 heteroatoms.